The van der Waals surface area contributed by atoms with Crippen molar-refractivity contribution < 1.29 is 4.74 Å². The summed E-state index contributed by atoms with van der Waals surface area (Å²) in [5.41, 5.74) is 1.34. The summed E-state index contributed by atoms with van der Waals surface area (Å²) in [7, 11) is 1.70. The molecule has 5 rings (SSSR count). The van der Waals surface area contributed by atoms with E-state index in [-0.39, 0.29) is 23.7 Å². The van der Waals surface area contributed by atoms with Crippen LogP contribution in [0.25, 0.3) is 20.3 Å². The number of rotatable bonds is 5. The highest BCUT2D eigenvalue weighted by atomic mass is 35.5. The predicted octanol–water partition coefficient (Wildman–Crippen LogP) is 3.82. The van der Waals surface area contributed by atoms with Gasteiger partial charge in [-0.25, -0.2) is 4.79 Å². The summed E-state index contributed by atoms with van der Waals surface area (Å²) in [6.07, 6.45) is 1.04. The number of H-pyrrole nitrogens is 1. The first-order valence-electron chi connectivity index (χ1n) is 10.2. The molecule has 3 heterocycles. The van der Waals surface area contributed by atoms with Crippen molar-refractivity contribution in [3.05, 3.63) is 74.9 Å². The number of aromatic nitrogens is 2. The minimum atomic E-state index is -0.337. The van der Waals surface area contributed by atoms with Gasteiger partial charge < -0.3 is 14.6 Å². The number of ether oxygens (including phenoxy) is 1. The molecule has 31 heavy (non-hydrogen) atoms. The predicted molar refractivity (Wildman–Crippen MR) is 128 cm³/mol. The smallest absolute Gasteiger partial charge is 0.328 e. The van der Waals surface area contributed by atoms with Crippen LogP contribution in [0.2, 0.25) is 0 Å². The molecule has 0 spiro atoms. The molecule has 1 N–H and O–H groups in total. The fourth-order valence-electron chi connectivity index (χ4n) is 4.45. The van der Waals surface area contributed by atoms with Crippen LogP contribution in [0.1, 0.15) is 17.9 Å². The van der Waals surface area contributed by atoms with E-state index in [4.69, 9.17) is 4.74 Å². The first-order valence-corrected chi connectivity index (χ1v) is 11.0. The molecule has 6 nitrogen and oxygen atoms in total. The minimum Gasteiger partial charge on any atom is -0.496 e. The SMILES string of the molecule is COc1ccccc1C1CCN(CCn2c(=O)[nH]c3c(sc4ccccc43)c2=O)C1.Cl. The minimum absolute atomic E-state index is 0. The fraction of sp³-hybridized carbons (Fsp3) is 0.304. The normalized spacial score (nSPS) is 16.6. The molecule has 0 radical (unpaired) electrons. The second-order valence-electron chi connectivity index (χ2n) is 7.72. The van der Waals surface area contributed by atoms with Gasteiger partial charge in [0.1, 0.15) is 10.4 Å². The highest BCUT2D eigenvalue weighted by Crippen LogP contribution is 2.33. The van der Waals surface area contributed by atoms with Crippen LogP contribution < -0.4 is 16.0 Å². The molecule has 0 aliphatic carbocycles. The molecular formula is C23H24ClN3O3S. The average molecular weight is 458 g/mol. The van der Waals surface area contributed by atoms with E-state index in [0.717, 1.165) is 35.3 Å². The Balaban J connectivity index is 0.00000231. The quantitative estimate of drug-likeness (QED) is 0.494. The summed E-state index contributed by atoms with van der Waals surface area (Å²) in [6.45, 7) is 2.90. The van der Waals surface area contributed by atoms with Gasteiger partial charge >= 0.3 is 5.69 Å². The maximum atomic E-state index is 13.0. The third-order valence-corrected chi connectivity index (χ3v) is 7.16. The van der Waals surface area contributed by atoms with Crippen LogP contribution in [0, 0.1) is 0 Å². The summed E-state index contributed by atoms with van der Waals surface area (Å²) in [6, 6.07) is 15.9. The lowest BCUT2D eigenvalue weighted by atomic mass is 9.97. The summed E-state index contributed by atoms with van der Waals surface area (Å²) in [5, 5.41) is 0.929. The van der Waals surface area contributed by atoms with E-state index in [9.17, 15) is 9.59 Å². The van der Waals surface area contributed by atoms with Crippen molar-refractivity contribution in [3.63, 3.8) is 0 Å². The average Bonchev–Trinajstić information content (AvgIpc) is 3.39. The molecule has 1 unspecified atom stereocenters. The van der Waals surface area contributed by atoms with Gasteiger partial charge in [0.25, 0.3) is 5.56 Å². The Morgan fingerprint density at radius 1 is 1.10 bits per heavy atom. The van der Waals surface area contributed by atoms with Gasteiger partial charge in [0.2, 0.25) is 0 Å². The van der Waals surface area contributed by atoms with E-state index in [0.29, 0.717) is 29.2 Å². The number of thiophene rings is 1. The number of para-hydroxylation sites is 1. The lowest BCUT2D eigenvalue weighted by Gasteiger charge is -2.17. The molecule has 2 aromatic heterocycles. The number of nitrogens with one attached hydrogen (secondary N) is 1. The van der Waals surface area contributed by atoms with Gasteiger partial charge in [0.05, 0.1) is 12.6 Å². The van der Waals surface area contributed by atoms with Crippen LogP contribution in [0.3, 0.4) is 0 Å². The third kappa shape index (κ3) is 3.89. The number of halogens is 1. The number of likely N-dealkylation sites (tertiary alicyclic amines) is 1. The lowest BCUT2D eigenvalue weighted by Crippen LogP contribution is -2.38. The van der Waals surface area contributed by atoms with Crippen molar-refractivity contribution in [1.29, 1.82) is 0 Å². The van der Waals surface area contributed by atoms with Crippen molar-refractivity contribution in [1.82, 2.24) is 14.5 Å². The third-order valence-electron chi connectivity index (χ3n) is 6.00. The van der Waals surface area contributed by atoms with Gasteiger partial charge in [0.15, 0.2) is 0 Å². The summed E-state index contributed by atoms with van der Waals surface area (Å²) < 4.78 is 8.48. The van der Waals surface area contributed by atoms with E-state index in [1.807, 2.05) is 42.5 Å². The Morgan fingerprint density at radius 2 is 1.87 bits per heavy atom. The largest absolute Gasteiger partial charge is 0.496 e. The Bertz CT molecular complexity index is 1340. The second kappa shape index (κ2) is 8.86. The van der Waals surface area contributed by atoms with E-state index in [1.54, 1.807) is 7.11 Å². The second-order valence-corrected chi connectivity index (χ2v) is 8.77. The molecule has 1 fully saturated rings. The standard InChI is InChI=1S/C23H23N3O3S.ClH/c1-29-18-8-4-2-6-16(18)15-10-11-25(14-15)12-13-26-22(27)21-20(24-23(26)28)17-7-3-5-9-19(17)30-21;/h2-9,15H,10-14H2,1H3,(H,24,28);1H. The Morgan fingerprint density at radius 3 is 2.71 bits per heavy atom. The van der Waals surface area contributed by atoms with Crippen molar-refractivity contribution in [2.45, 2.75) is 18.9 Å². The van der Waals surface area contributed by atoms with Crippen molar-refractivity contribution in [2.24, 2.45) is 0 Å². The number of benzene rings is 2. The van der Waals surface area contributed by atoms with Crippen LogP contribution in [-0.4, -0.2) is 41.2 Å². The number of aromatic amines is 1. The number of hydrogen-bond acceptors (Lipinski definition) is 5. The topological polar surface area (TPSA) is 67.3 Å². The molecule has 4 aromatic rings. The molecule has 162 valence electrons. The van der Waals surface area contributed by atoms with E-state index in [2.05, 4.69) is 16.0 Å². The zero-order valence-electron chi connectivity index (χ0n) is 17.2. The molecule has 1 aliphatic heterocycles. The molecule has 1 atom stereocenters. The Kier molecular flexibility index (Phi) is 6.18. The van der Waals surface area contributed by atoms with Crippen LogP contribution >= 0.6 is 23.7 Å². The Labute approximate surface area is 189 Å². The van der Waals surface area contributed by atoms with Crippen LogP contribution in [0.15, 0.2) is 58.1 Å². The van der Waals surface area contributed by atoms with Crippen molar-refractivity contribution >= 4 is 44.0 Å². The molecule has 0 bridgehead atoms. The molecule has 1 saturated heterocycles. The summed E-state index contributed by atoms with van der Waals surface area (Å²) >= 11 is 1.44. The number of nitrogens with zero attached hydrogens (tertiary/aromatic N) is 2. The first kappa shape index (κ1) is 21.6. The van der Waals surface area contributed by atoms with Crippen LogP contribution in [0.5, 0.6) is 5.75 Å². The van der Waals surface area contributed by atoms with Gasteiger partial charge in [0, 0.05) is 35.6 Å². The van der Waals surface area contributed by atoms with Gasteiger partial charge in [-0.1, -0.05) is 36.4 Å². The van der Waals surface area contributed by atoms with Crippen LogP contribution in [0.4, 0.5) is 0 Å². The lowest BCUT2D eigenvalue weighted by molar-refractivity contribution is 0.313. The molecule has 0 saturated carbocycles. The number of hydrogen-bond donors (Lipinski definition) is 1. The van der Waals surface area contributed by atoms with Gasteiger partial charge in [-0.3, -0.25) is 9.36 Å². The molecule has 1 aliphatic rings. The monoisotopic (exact) mass is 457 g/mol. The van der Waals surface area contributed by atoms with Gasteiger partial charge in [-0.2, -0.15) is 0 Å². The first-order chi connectivity index (χ1) is 14.7. The number of fused-ring (bicyclic) bond motifs is 3. The molecule has 0 amide bonds. The van der Waals surface area contributed by atoms with E-state index < -0.39 is 0 Å². The van der Waals surface area contributed by atoms with E-state index >= 15 is 0 Å². The Hall–Kier alpha value is -2.61. The van der Waals surface area contributed by atoms with Crippen molar-refractivity contribution in [3.8, 4) is 5.75 Å². The van der Waals surface area contributed by atoms with Crippen molar-refractivity contribution in [2.75, 3.05) is 26.7 Å². The zero-order valence-corrected chi connectivity index (χ0v) is 18.8. The maximum Gasteiger partial charge on any atom is 0.328 e. The number of methoxy groups -OCH3 is 1. The fourth-order valence-corrected chi connectivity index (χ4v) is 5.55. The molecule has 8 heteroatoms. The highest BCUT2D eigenvalue weighted by Gasteiger charge is 2.26. The zero-order chi connectivity index (χ0) is 20.7. The highest BCUT2D eigenvalue weighted by molar-refractivity contribution is 7.25. The molecule has 2 aromatic carbocycles. The van der Waals surface area contributed by atoms with E-state index in [1.165, 1.54) is 21.5 Å². The summed E-state index contributed by atoms with van der Waals surface area (Å²) in [5.74, 6) is 1.33. The van der Waals surface area contributed by atoms with Gasteiger partial charge in [-0.15, -0.1) is 23.7 Å². The maximum absolute atomic E-state index is 13.0. The summed E-state index contributed by atoms with van der Waals surface area (Å²) in [4.78, 5) is 30.9. The molecular weight excluding hydrogens is 434 g/mol. The van der Waals surface area contributed by atoms with Crippen LogP contribution in [-0.2, 0) is 6.54 Å². The van der Waals surface area contributed by atoms with Gasteiger partial charge in [-0.05, 0) is 30.7 Å².